The Bertz CT molecular complexity index is 1180. The van der Waals surface area contributed by atoms with Crippen LogP contribution in [-0.4, -0.2) is 43.3 Å². The van der Waals surface area contributed by atoms with Gasteiger partial charge in [-0.1, -0.05) is 66.7 Å². The van der Waals surface area contributed by atoms with Crippen LogP contribution in [0.1, 0.15) is 32.4 Å². The van der Waals surface area contributed by atoms with Gasteiger partial charge in [0.2, 0.25) is 0 Å². The number of rotatable bonds is 7. The monoisotopic (exact) mass is 472 g/mol. The molecule has 7 heteroatoms. The van der Waals surface area contributed by atoms with Crippen molar-refractivity contribution >= 4 is 17.9 Å². The molecule has 4 atom stereocenters. The number of methoxy groups -OCH3 is 1. The molecule has 0 bridgehead atoms. The maximum atomic E-state index is 13.0. The van der Waals surface area contributed by atoms with Crippen LogP contribution in [0.3, 0.4) is 0 Å². The van der Waals surface area contributed by atoms with Crippen molar-refractivity contribution in [2.45, 2.75) is 24.4 Å². The zero-order valence-electron chi connectivity index (χ0n) is 19.0. The first-order valence-electron chi connectivity index (χ1n) is 11.1. The summed E-state index contributed by atoms with van der Waals surface area (Å²) in [4.78, 5) is 37.7. The highest BCUT2D eigenvalue weighted by atomic mass is 16.6. The minimum atomic E-state index is -1.03. The first kappa shape index (κ1) is 23.9. The lowest BCUT2D eigenvalue weighted by atomic mass is 10.0. The molecule has 0 unspecified atom stereocenters. The van der Waals surface area contributed by atoms with Crippen LogP contribution in [0.2, 0.25) is 0 Å². The van der Waals surface area contributed by atoms with Crippen molar-refractivity contribution in [2.24, 2.45) is 0 Å². The average Bonchev–Trinajstić information content (AvgIpc) is 3.25. The Morgan fingerprint density at radius 3 is 1.71 bits per heavy atom. The number of ether oxygens (including phenoxy) is 4. The first-order chi connectivity index (χ1) is 17.1. The van der Waals surface area contributed by atoms with Gasteiger partial charge in [0.15, 0.2) is 12.2 Å². The smallest absolute Gasteiger partial charge is 0.338 e. The van der Waals surface area contributed by atoms with Crippen molar-refractivity contribution in [3.63, 3.8) is 0 Å². The molecule has 0 radical (unpaired) electrons. The molecule has 1 heterocycles. The predicted octanol–water partition coefficient (Wildman–Crippen LogP) is 4.31. The Balaban J connectivity index is 1.69. The van der Waals surface area contributed by atoms with Gasteiger partial charge in [0.25, 0.3) is 0 Å². The summed E-state index contributed by atoms with van der Waals surface area (Å²) in [5.74, 6) is -1.79. The zero-order valence-corrected chi connectivity index (χ0v) is 19.0. The third kappa shape index (κ3) is 5.83. The molecule has 7 nitrogen and oxygen atoms in total. The van der Waals surface area contributed by atoms with Crippen LogP contribution in [0.15, 0.2) is 103 Å². The third-order valence-corrected chi connectivity index (χ3v) is 5.51. The van der Waals surface area contributed by atoms with E-state index < -0.39 is 42.3 Å². The van der Waals surface area contributed by atoms with Gasteiger partial charge in [-0.25, -0.2) is 14.4 Å². The van der Waals surface area contributed by atoms with Crippen LogP contribution >= 0.6 is 0 Å². The minimum Gasteiger partial charge on any atom is -0.466 e. The van der Waals surface area contributed by atoms with Crippen LogP contribution < -0.4 is 0 Å². The minimum absolute atomic E-state index is 0.333. The standard InChI is InChI=1S/C28H24O7/c1-32-23(29)18-17-22-25(34-27(30)20-13-7-3-8-14-20)26(24(33-22)19-11-5-2-6-12-19)35-28(31)21-15-9-4-10-16-21/h2-18,22,24-26H,1H3/b18-17-/t22-,24+,25+,26+/m0/s1. The molecule has 1 aliphatic heterocycles. The molecule has 178 valence electrons. The number of benzene rings is 3. The summed E-state index contributed by atoms with van der Waals surface area (Å²) in [5.41, 5.74) is 1.41. The van der Waals surface area contributed by atoms with Crippen LogP contribution in [-0.2, 0) is 23.7 Å². The van der Waals surface area contributed by atoms with Crippen molar-refractivity contribution in [1.82, 2.24) is 0 Å². The van der Waals surface area contributed by atoms with Crippen molar-refractivity contribution in [1.29, 1.82) is 0 Å². The van der Waals surface area contributed by atoms with Gasteiger partial charge in [-0.3, -0.25) is 0 Å². The molecule has 0 amide bonds. The lowest BCUT2D eigenvalue weighted by Gasteiger charge is -2.24. The average molecular weight is 472 g/mol. The molecule has 0 N–H and O–H groups in total. The van der Waals surface area contributed by atoms with E-state index in [1.54, 1.807) is 60.7 Å². The normalized spacial score (nSPS) is 21.4. The maximum Gasteiger partial charge on any atom is 0.338 e. The van der Waals surface area contributed by atoms with Crippen LogP contribution in [0, 0.1) is 0 Å². The van der Waals surface area contributed by atoms with Crippen molar-refractivity contribution in [3.05, 3.63) is 120 Å². The van der Waals surface area contributed by atoms with E-state index >= 15 is 0 Å². The molecular weight excluding hydrogens is 448 g/mol. The van der Waals surface area contributed by atoms with E-state index in [4.69, 9.17) is 14.2 Å². The number of esters is 3. The second-order valence-electron chi connectivity index (χ2n) is 7.79. The van der Waals surface area contributed by atoms with E-state index in [9.17, 15) is 14.4 Å². The highest BCUT2D eigenvalue weighted by Crippen LogP contribution is 2.38. The molecular formula is C28H24O7. The summed E-state index contributed by atoms with van der Waals surface area (Å²) in [6, 6.07) is 26.2. The fraction of sp³-hybridized carbons (Fsp3) is 0.179. The highest BCUT2D eigenvalue weighted by Gasteiger charge is 2.49. The Morgan fingerprint density at radius 2 is 1.20 bits per heavy atom. The molecule has 0 aromatic heterocycles. The van der Waals surface area contributed by atoms with Gasteiger partial charge in [0, 0.05) is 6.08 Å². The second kappa shape index (κ2) is 11.3. The maximum absolute atomic E-state index is 13.0. The molecule has 35 heavy (non-hydrogen) atoms. The fourth-order valence-corrected chi connectivity index (χ4v) is 3.79. The Labute approximate surface area is 202 Å². The lowest BCUT2D eigenvalue weighted by Crippen LogP contribution is -2.38. The molecule has 4 rings (SSSR count). The molecule has 0 spiro atoms. The quantitative estimate of drug-likeness (QED) is 0.288. The van der Waals surface area contributed by atoms with E-state index in [1.165, 1.54) is 19.3 Å². The number of hydrogen-bond donors (Lipinski definition) is 0. The largest absolute Gasteiger partial charge is 0.466 e. The van der Waals surface area contributed by atoms with Crippen molar-refractivity contribution < 1.29 is 33.3 Å². The van der Waals surface area contributed by atoms with Gasteiger partial charge in [0.05, 0.1) is 18.2 Å². The summed E-state index contributed by atoms with van der Waals surface area (Å²) >= 11 is 0. The number of hydrogen-bond acceptors (Lipinski definition) is 7. The van der Waals surface area contributed by atoms with Crippen LogP contribution in [0.4, 0.5) is 0 Å². The highest BCUT2D eigenvalue weighted by molar-refractivity contribution is 5.90. The van der Waals surface area contributed by atoms with Crippen molar-refractivity contribution in [2.75, 3.05) is 7.11 Å². The van der Waals surface area contributed by atoms with E-state index in [0.717, 1.165) is 5.56 Å². The Hall–Kier alpha value is -4.23. The van der Waals surface area contributed by atoms with Gasteiger partial charge >= 0.3 is 17.9 Å². The molecule has 1 aliphatic rings. The van der Waals surface area contributed by atoms with Gasteiger partial charge < -0.3 is 18.9 Å². The molecule has 3 aromatic carbocycles. The summed E-state index contributed by atoms with van der Waals surface area (Å²) in [7, 11) is 1.26. The Morgan fingerprint density at radius 1 is 0.714 bits per heavy atom. The number of carbonyl (C=O) groups excluding carboxylic acids is 3. The Kier molecular flexibility index (Phi) is 7.70. The van der Waals surface area contributed by atoms with Crippen LogP contribution in [0.25, 0.3) is 0 Å². The summed E-state index contributed by atoms with van der Waals surface area (Å²) in [6.45, 7) is 0. The topological polar surface area (TPSA) is 88.1 Å². The summed E-state index contributed by atoms with van der Waals surface area (Å²) in [6.07, 6.45) is -0.991. The second-order valence-corrected chi connectivity index (χ2v) is 7.79. The molecule has 3 aromatic rings. The van der Waals surface area contributed by atoms with Gasteiger partial charge in [0.1, 0.15) is 12.2 Å². The van der Waals surface area contributed by atoms with E-state index in [0.29, 0.717) is 11.1 Å². The van der Waals surface area contributed by atoms with Gasteiger partial charge in [-0.05, 0) is 35.9 Å². The summed E-state index contributed by atoms with van der Waals surface area (Å²) in [5, 5.41) is 0. The van der Waals surface area contributed by atoms with E-state index in [1.807, 2.05) is 30.3 Å². The molecule has 0 aliphatic carbocycles. The SMILES string of the molecule is COC(=O)/C=C\[C@@H]1O[C@H](c2ccccc2)[C@@H](OC(=O)c2ccccc2)[C@@H]1OC(=O)c1ccccc1. The lowest BCUT2D eigenvalue weighted by molar-refractivity contribution is -0.134. The van der Waals surface area contributed by atoms with Crippen LogP contribution in [0.5, 0.6) is 0 Å². The van der Waals surface area contributed by atoms with E-state index in [2.05, 4.69) is 4.74 Å². The van der Waals surface area contributed by atoms with Crippen molar-refractivity contribution in [3.8, 4) is 0 Å². The van der Waals surface area contributed by atoms with E-state index in [-0.39, 0.29) is 0 Å². The van der Waals surface area contributed by atoms with Gasteiger partial charge in [-0.15, -0.1) is 0 Å². The zero-order chi connectivity index (χ0) is 24.6. The number of carbonyl (C=O) groups is 3. The molecule has 1 fully saturated rings. The van der Waals surface area contributed by atoms with Gasteiger partial charge in [-0.2, -0.15) is 0 Å². The third-order valence-electron chi connectivity index (χ3n) is 5.51. The molecule has 0 saturated carbocycles. The predicted molar refractivity (Wildman–Crippen MR) is 127 cm³/mol. The summed E-state index contributed by atoms with van der Waals surface area (Å²) < 4.78 is 22.6. The fourth-order valence-electron chi connectivity index (χ4n) is 3.79. The first-order valence-corrected chi connectivity index (χ1v) is 11.1. The molecule has 1 saturated heterocycles.